The third-order valence-corrected chi connectivity index (χ3v) is 3.44. The number of hydrogen-bond donors (Lipinski definition) is 0. The van der Waals surface area contributed by atoms with Crippen molar-refractivity contribution in [2.45, 2.75) is 6.54 Å². The molecule has 0 N–H and O–H groups in total. The molecule has 0 fully saturated rings. The zero-order valence-electron chi connectivity index (χ0n) is 10.7. The monoisotopic (exact) mass is 304 g/mol. The normalized spacial score (nSPS) is 10.9. The van der Waals surface area contributed by atoms with Crippen molar-refractivity contribution in [2.75, 3.05) is 0 Å². The fraction of sp³-hybridized carbons (Fsp3) is 0.0714. The van der Waals surface area contributed by atoms with E-state index in [-0.39, 0.29) is 17.3 Å². The standard InChI is InChI=1S/C14H9ClN2O4/c15-10-6-5-9(7-12(10)17(19)20)8-16-11-3-1-2-4-13(11)21-14(16)18/h1-7H,8H2. The highest BCUT2D eigenvalue weighted by molar-refractivity contribution is 6.32. The summed E-state index contributed by atoms with van der Waals surface area (Å²) < 4.78 is 6.54. The quantitative estimate of drug-likeness (QED) is 0.550. The van der Waals surface area contributed by atoms with E-state index in [0.29, 0.717) is 16.7 Å². The molecule has 6 nitrogen and oxygen atoms in total. The van der Waals surface area contributed by atoms with E-state index >= 15 is 0 Å². The summed E-state index contributed by atoms with van der Waals surface area (Å²) in [6, 6.07) is 11.4. The van der Waals surface area contributed by atoms with Crippen LogP contribution >= 0.6 is 11.6 Å². The SMILES string of the molecule is O=c1oc2ccccc2n1Cc1ccc(Cl)c([N+](=O)[O-])c1. The minimum Gasteiger partial charge on any atom is -0.408 e. The topological polar surface area (TPSA) is 78.3 Å². The third-order valence-electron chi connectivity index (χ3n) is 3.12. The third kappa shape index (κ3) is 2.41. The van der Waals surface area contributed by atoms with Crippen LogP contribution in [0.2, 0.25) is 5.02 Å². The van der Waals surface area contributed by atoms with Gasteiger partial charge >= 0.3 is 5.76 Å². The van der Waals surface area contributed by atoms with Crippen LogP contribution in [0, 0.1) is 10.1 Å². The Hall–Kier alpha value is -2.60. The Morgan fingerprint density at radius 2 is 2.00 bits per heavy atom. The highest BCUT2D eigenvalue weighted by atomic mass is 35.5. The van der Waals surface area contributed by atoms with Crippen molar-refractivity contribution in [1.82, 2.24) is 4.57 Å². The summed E-state index contributed by atoms with van der Waals surface area (Å²) in [5, 5.41) is 11.0. The summed E-state index contributed by atoms with van der Waals surface area (Å²) in [5.74, 6) is -0.506. The number of hydrogen-bond acceptors (Lipinski definition) is 4. The van der Waals surface area contributed by atoms with Gasteiger partial charge in [0.25, 0.3) is 5.69 Å². The minimum atomic E-state index is -0.553. The highest BCUT2D eigenvalue weighted by Gasteiger charge is 2.15. The molecule has 0 aliphatic rings. The van der Waals surface area contributed by atoms with E-state index in [1.807, 2.05) is 0 Å². The molecule has 0 saturated heterocycles. The molecule has 0 atom stereocenters. The van der Waals surface area contributed by atoms with Gasteiger partial charge in [-0.25, -0.2) is 4.79 Å². The lowest BCUT2D eigenvalue weighted by Gasteiger charge is -2.03. The first-order valence-corrected chi connectivity index (χ1v) is 6.45. The van der Waals surface area contributed by atoms with Gasteiger partial charge in [0, 0.05) is 6.07 Å². The Morgan fingerprint density at radius 3 is 2.76 bits per heavy atom. The maximum atomic E-state index is 11.9. The molecule has 0 aliphatic carbocycles. The van der Waals surface area contributed by atoms with Crippen LogP contribution in [0.1, 0.15) is 5.56 Å². The summed E-state index contributed by atoms with van der Waals surface area (Å²) in [6.07, 6.45) is 0. The van der Waals surface area contributed by atoms with E-state index in [9.17, 15) is 14.9 Å². The van der Waals surface area contributed by atoms with Crippen molar-refractivity contribution in [2.24, 2.45) is 0 Å². The average Bonchev–Trinajstić information content (AvgIpc) is 2.77. The minimum absolute atomic E-state index is 0.0631. The van der Waals surface area contributed by atoms with Crippen molar-refractivity contribution in [3.63, 3.8) is 0 Å². The second-order valence-corrected chi connectivity index (χ2v) is 4.87. The zero-order valence-corrected chi connectivity index (χ0v) is 11.4. The number of halogens is 1. The van der Waals surface area contributed by atoms with Crippen LogP contribution in [0.5, 0.6) is 0 Å². The molecule has 0 aliphatic heterocycles. The molecule has 0 unspecified atom stereocenters. The predicted octanol–water partition coefficient (Wildman–Crippen LogP) is 3.20. The molecule has 7 heteroatoms. The molecule has 3 aromatic rings. The summed E-state index contributed by atoms with van der Waals surface area (Å²) >= 11 is 5.77. The first-order valence-electron chi connectivity index (χ1n) is 6.07. The van der Waals surface area contributed by atoms with Crippen LogP contribution in [-0.2, 0) is 6.54 Å². The highest BCUT2D eigenvalue weighted by Crippen LogP contribution is 2.25. The van der Waals surface area contributed by atoms with Crippen molar-refractivity contribution in [1.29, 1.82) is 0 Å². The van der Waals surface area contributed by atoms with E-state index < -0.39 is 10.7 Å². The van der Waals surface area contributed by atoms with Gasteiger partial charge in [-0.1, -0.05) is 29.8 Å². The number of oxazole rings is 1. The maximum Gasteiger partial charge on any atom is 0.420 e. The number of benzene rings is 2. The van der Waals surface area contributed by atoms with Gasteiger partial charge in [0.2, 0.25) is 0 Å². The molecule has 0 radical (unpaired) electrons. The van der Waals surface area contributed by atoms with Crippen LogP contribution in [-0.4, -0.2) is 9.49 Å². The van der Waals surface area contributed by atoms with Crippen LogP contribution in [0.25, 0.3) is 11.1 Å². The van der Waals surface area contributed by atoms with Gasteiger partial charge in [0.15, 0.2) is 5.58 Å². The second kappa shape index (κ2) is 5.06. The van der Waals surface area contributed by atoms with Crippen molar-refractivity contribution >= 4 is 28.4 Å². The molecule has 0 bridgehead atoms. The zero-order chi connectivity index (χ0) is 15.0. The van der Waals surface area contributed by atoms with Crippen LogP contribution in [0.4, 0.5) is 5.69 Å². The van der Waals surface area contributed by atoms with Crippen LogP contribution in [0.15, 0.2) is 51.7 Å². The molecular formula is C14H9ClN2O4. The Bertz CT molecular complexity index is 897. The lowest BCUT2D eigenvalue weighted by Crippen LogP contribution is -2.14. The van der Waals surface area contributed by atoms with Crippen LogP contribution < -0.4 is 5.76 Å². The number of aromatic nitrogens is 1. The predicted molar refractivity (Wildman–Crippen MR) is 77.7 cm³/mol. The summed E-state index contributed by atoms with van der Waals surface area (Å²) in [6.45, 7) is 0.174. The molecule has 106 valence electrons. The summed E-state index contributed by atoms with van der Waals surface area (Å²) in [5.41, 5.74) is 1.53. The Morgan fingerprint density at radius 1 is 1.24 bits per heavy atom. The number of fused-ring (bicyclic) bond motifs is 1. The van der Waals surface area contributed by atoms with E-state index in [2.05, 4.69) is 0 Å². The Labute approximate surface area is 123 Å². The van der Waals surface area contributed by atoms with E-state index in [4.69, 9.17) is 16.0 Å². The van der Waals surface area contributed by atoms with Gasteiger partial charge in [-0.3, -0.25) is 14.7 Å². The van der Waals surface area contributed by atoms with Crippen molar-refractivity contribution in [3.05, 3.63) is 73.7 Å². The first-order chi connectivity index (χ1) is 10.1. The van der Waals surface area contributed by atoms with Gasteiger partial charge in [-0.05, 0) is 23.8 Å². The van der Waals surface area contributed by atoms with Crippen molar-refractivity contribution in [3.8, 4) is 0 Å². The Balaban J connectivity index is 2.07. The van der Waals surface area contributed by atoms with E-state index in [1.165, 1.54) is 16.7 Å². The molecule has 21 heavy (non-hydrogen) atoms. The Kier molecular flexibility index (Phi) is 3.23. The number of nitro groups is 1. The smallest absolute Gasteiger partial charge is 0.408 e. The van der Waals surface area contributed by atoms with Gasteiger partial charge in [0.05, 0.1) is 17.0 Å². The number of nitrogens with zero attached hydrogens (tertiary/aromatic N) is 2. The molecular weight excluding hydrogens is 296 g/mol. The fourth-order valence-electron chi connectivity index (χ4n) is 2.14. The molecule has 1 aromatic heterocycles. The fourth-order valence-corrected chi connectivity index (χ4v) is 2.33. The number of rotatable bonds is 3. The van der Waals surface area contributed by atoms with Crippen molar-refractivity contribution < 1.29 is 9.34 Å². The average molecular weight is 305 g/mol. The van der Waals surface area contributed by atoms with E-state index in [1.54, 1.807) is 30.3 Å². The molecule has 3 rings (SSSR count). The van der Waals surface area contributed by atoms with Gasteiger partial charge in [-0.15, -0.1) is 0 Å². The van der Waals surface area contributed by atoms with Gasteiger partial charge < -0.3 is 4.42 Å². The first kappa shape index (κ1) is 13.4. The van der Waals surface area contributed by atoms with Crippen LogP contribution in [0.3, 0.4) is 0 Å². The second-order valence-electron chi connectivity index (χ2n) is 4.46. The molecule has 0 amide bonds. The van der Waals surface area contributed by atoms with Gasteiger partial charge in [-0.2, -0.15) is 0 Å². The summed E-state index contributed by atoms with van der Waals surface area (Å²) in [4.78, 5) is 22.2. The van der Waals surface area contributed by atoms with Gasteiger partial charge in [0.1, 0.15) is 5.02 Å². The lowest BCUT2D eigenvalue weighted by atomic mass is 10.2. The molecule has 0 spiro atoms. The lowest BCUT2D eigenvalue weighted by molar-refractivity contribution is -0.384. The number of para-hydroxylation sites is 2. The molecule has 1 heterocycles. The number of nitro benzene ring substituents is 1. The largest absolute Gasteiger partial charge is 0.420 e. The maximum absolute atomic E-state index is 11.9. The van der Waals surface area contributed by atoms with E-state index in [0.717, 1.165) is 0 Å². The summed E-state index contributed by atoms with van der Waals surface area (Å²) in [7, 11) is 0. The molecule has 2 aromatic carbocycles. The molecule has 0 saturated carbocycles.